The Morgan fingerprint density at radius 1 is 1.00 bits per heavy atom. The van der Waals surface area contributed by atoms with Gasteiger partial charge in [0.2, 0.25) is 0 Å². The van der Waals surface area contributed by atoms with Gasteiger partial charge in [-0.3, -0.25) is 0 Å². The lowest BCUT2D eigenvalue weighted by atomic mass is 9.85. The molecule has 0 unspecified atom stereocenters. The monoisotopic (exact) mass is 281 g/mol. The molecule has 0 radical (unpaired) electrons. The van der Waals surface area contributed by atoms with Gasteiger partial charge in [-0.15, -0.1) is 0 Å². The van der Waals surface area contributed by atoms with Crippen molar-refractivity contribution in [3.63, 3.8) is 0 Å². The number of nitrogens with one attached hydrogen (secondary N) is 1. The lowest BCUT2D eigenvalue weighted by molar-refractivity contribution is 0.0842. The summed E-state index contributed by atoms with van der Waals surface area (Å²) in [4.78, 5) is 5.36. The smallest absolute Gasteiger partial charge is 0.0110 e. The van der Waals surface area contributed by atoms with Crippen molar-refractivity contribution in [2.24, 2.45) is 5.41 Å². The molecule has 20 heavy (non-hydrogen) atoms. The summed E-state index contributed by atoms with van der Waals surface area (Å²) in [6, 6.07) is 0.619. The molecule has 1 N–H and O–H groups in total. The first kappa shape index (κ1) is 16.3. The fraction of sp³-hybridized carbons (Fsp3) is 1.00. The first-order chi connectivity index (χ1) is 9.63. The van der Waals surface area contributed by atoms with Crippen LogP contribution in [-0.4, -0.2) is 61.7 Å². The van der Waals surface area contributed by atoms with E-state index in [-0.39, 0.29) is 0 Å². The predicted octanol–water partition coefficient (Wildman–Crippen LogP) is 2.57. The van der Waals surface area contributed by atoms with Crippen LogP contribution in [0.25, 0.3) is 0 Å². The van der Waals surface area contributed by atoms with Crippen LogP contribution in [0.1, 0.15) is 52.9 Å². The molecule has 2 fully saturated rings. The third-order valence-electron chi connectivity index (χ3n) is 5.11. The molecule has 3 nitrogen and oxygen atoms in total. The average molecular weight is 281 g/mol. The third-order valence-corrected chi connectivity index (χ3v) is 5.11. The number of hydrogen-bond acceptors (Lipinski definition) is 3. The topological polar surface area (TPSA) is 18.5 Å². The van der Waals surface area contributed by atoms with Crippen molar-refractivity contribution >= 4 is 0 Å². The van der Waals surface area contributed by atoms with Gasteiger partial charge in [0.05, 0.1) is 0 Å². The van der Waals surface area contributed by atoms with Gasteiger partial charge in [-0.05, 0) is 31.2 Å². The fourth-order valence-electron chi connectivity index (χ4n) is 3.90. The zero-order valence-corrected chi connectivity index (χ0v) is 14.0. The van der Waals surface area contributed by atoms with Crippen molar-refractivity contribution in [2.75, 3.05) is 45.8 Å². The minimum Gasteiger partial charge on any atom is -0.314 e. The van der Waals surface area contributed by atoms with Gasteiger partial charge in [0, 0.05) is 45.3 Å². The molecule has 0 bridgehead atoms. The largest absolute Gasteiger partial charge is 0.314 e. The van der Waals surface area contributed by atoms with E-state index in [0.717, 1.165) is 0 Å². The summed E-state index contributed by atoms with van der Waals surface area (Å²) in [5.41, 5.74) is 0.567. The van der Waals surface area contributed by atoms with Crippen LogP contribution in [0.15, 0.2) is 0 Å². The number of hydrogen-bond donors (Lipinski definition) is 1. The molecule has 0 atom stereocenters. The zero-order valence-electron chi connectivity index (χ0n) is 14.0. The molecule has 118 valence electrons. The molecule has 0 aromatic carbocycles. The van der Waals surface area contributed by atoms with Gasteiger partial charge in [0.25, 0.3) is 0 Å². The molecule has 1 saturated heterocycles. The second-order valence-corrected chi connectivity index (χ2v) is 7.36. The molecule has 0 aromatic rings. The van der Waals surface area contributed by atoms with E-state index in [4.69, 9.17) is 0 Å². The highest BCUT2D eigenvalue weighted by Gasteiger charge is 2.36. The molecule has 0 spiro atoms. The zero-order chi connectivity index (χ0) is 14.4. The minimum atomic E-state index is 0.567. The number of rotatable bonds is 7. The van der Waals surface area contributed by atoms with E-state index in [1.54, 1.807) is 0 Å². The van der Waals surface area contributed by atoms with Crippen LogP contribution in [0.5, 0.6) is 0 Å². The molecule has 1 aliphatic carbocycles. The van der Waals surface area contributed by atoms with Gasteiger partial charge in [-0.2, -0.15) is 0 Å². The van der Waals surface area contributed by atoms with Crippen molar-refractivity contribution < 1.29 is 0 Å². The molecule has 2 aliphatic rings. The lowest BCUT2D eigenvalue weighted by Gasteiger charge is -2.40. The lowest BCUT2D eigenvalue weighted by Crippen LogP contribution is -2.51. The molecule has 3 heteroatoms. The molecule has 1 heterocycles. The maximum atomic E-state index is 3.71. The Bertz CT molecular complexity index is 263. The predicted molar refractivity (Wildman–Crippen MR) is 87.2 cm³/mol. The van der Waals surface area contributed by atoms with Crippen LogP contribution in [0.3, 0.4) is 0 Å². The number of nitrogens with zero attached hydrogens (tertiary/aromatic N) is 2. The molecule has 2 rings (SSSR count). The molecule has 1 aliphatic heterocycles. The van der Waals surface area contributed by atoms with Gasteiger partial charge in [0.1, 0.15) is 0 Å². The van der Waals surface area contributed by atoms with E-state index in [1.807, 2.05) is 0 Å². The van der Waals surface area contributed by atoms with Gasteiger partial charge in [-0.1, -0.05) is 33.6 Å². The molecule has 0 amide bonds. The summed E-state index contributed by atoms with van der Waals surface area (Å²) in [5, 5.41) is 3.71. The van der Waals surface area contributed by atoms with Crippen molar-refractivity contribution in [3.05, 3.63) is 0 Å². The second-order valence-electron chi connectivity index (χ2n) is 7.36. The van der Waals surface area contributed by atoms with E-state index < -0.39 is 0 Å². The molecule has 1 saturated carbocycles. The quantitative estimate of drug-likeness (QED) is 0.774. The van der Waals surface area contributed by atoms with Gasteiger partial charge >= 0.3 is 0 Å². The Kier molecular flexibility index (Phi) is 6.31. The van der Waals surface area contributed by atoms with Crippen LogP contribution in [0.2, 0.25) is 0 Å². The van der Waals surface area contributed by atoms with Gasteiger partial charge in [0.15, 0.2) is 0 Å². The SMILES string of the molecule is CCCN1CCN(CC2(CNC(C)C)CCCC2)CC1. The summed E-state index contributed by atoms with van der Waals surface area (Å²) < 4.78 is 0. The maximum absolute atomic E-state index is 3.71. The molecular weight excluding hydrogens is 246 g/mol. The highest BCUT2D eigenvalue weighted by Crippen LogP contribution is 2.38. The maximum Gasteiger partial charge on any atom is 0.0110 e. The van der Waals surface area contributed by atoms with E-state index in [1.165, 1.54) is 77.9 Å². The van der Waals surface area contributed by atoms with Crippen LogP contribution in [0, 0.1) is 5.41 Å². The van der Waals surface area contributed by atoms with Crippen molar-refractivity contribution in [2.45, 2.75) is 58.9 Å². The van der Waals surface area contributed by atoms with Crippen molar-refractivity contribution in [1.29, 1.82) is 0 Å². The summed E-state index contributed by atoms with van der Waals surface area (Å²) in [6.45, 7) is 15.8. The van der Waals surface area contributed by atoms with Crippen LogP contribution in [0.4, 0.5) is 0 Å². The first-order valence-corrected chi connectivity index (χ1v) is 8.82. The average Bonchev–Trinajstić information content (AvgIpc) is 2.88. The third kappa shape index (κ3) is 4.71. The summed E-state index contributed by atoms with van der Waals surface area (Å²) >= 11 is 0. The van der Waals surface area contributed by atoms with Crippen molar-refractivity contribution in [1.82, 2.24) is 15.1 Å². The first-order valence-electron chi connectivity index (χ1n) is 8.82. The second kappa shape index (κ2) is 7.77. The summed E-state index contributed by atoms with van der Waals surface area (Å²) in [6.07, 6.45) is 7.04. The Balaban J connectivity index is 1.80. The highest BCUT2D eigenvalue weighted by atomic mass is 15.3. The van der Waals surface area contributed by atoms with Crippen LogP contribution >= 0.6 is 0 Å². The Morgan fingerprint density at radius 2 is 1.60 bits per heavy atom. The highest BCUT2D eigenvalue weighted by molar-refractivity contribution is 4.91. The van der Waals surface area contributed by atoms with E-state index in [2.05, 4.69) is 35.9 Å². The summed E-state index contributed by atoms with van der Waals surface area (Å²) in [5.74, 6) is 0. The number of piperazine rings is 1. The van der Waals surface area contributed by atoms with Crippen molar-refractivity contribution in [3.8, 4) is 0 Å². The van der Waals surface area contributed by atoms with Gasteiger partial charge in [-0.25, -0.2) is 0 Å². The van der Waals surface area contributed by atoms with E-state index in [0.29, 0.717) is 11.5 Å². The Hall–Kier alpha value is -0.120. The summed E-state index contributed by atoms with van der Waals surface area (Å²) in [7, 11) is 0. The normalized spacial score (nSPS) is 24.6. The standard InChI is InChI=1S/C17H35N3/c1-4-9-19-10-12-20(13-11-19)15-17(7-5-6-8-17)14-18-16(2)3/h16,18H,4-15H2,1-3H3. The minimum absolute atomic E-state index is 0.567. The molecule has 0 aromatic heterocycles. The Morgan fingerprint density at radius 3 is 2.15 bits per heavy atom. The van der Waals surface area contributed by atoms with Gasteiger partial charge < -0.3 is 15.1 Å². The van der Waals surface area contributed by atoms with Crippen LogP contribution < -0.4 is 5.32 Å². The van der Waals surface area contributed by atoms with E-state index >= 15 is 0 Å². The Labute approximate surface area is 126 Å². The van der Waals surface area contributed by atoms with E-state index in [9.17, 15) is 0 Å². The van der Waals surface area contributed by atoms with Crippen LogP contribution in [-0.2, 0) is 0 Å². The molecular formula is C17H35N3. The fourth-order valence-corrected chi connectivity index (χ4v) is 3.90.